The van der Waals surface area contributed by atoms with Crippen molar-refractivity contribution in [1.29, 1.82) is 0 Å². The van der Waals surface area contributed by atoms with Crippen molar-refractivity contribution >= 4 is 11.1 Å². The molecule has 0 amide bonds. The van der Waals surface area contributed by atoms with E-state index < -0.39 is 5.76 Å². The quantitative estimate of drug-likeness (QED) is 0.689. The molecule has 0 bridgehead atoms. The van der Waals surface area contributed by atoms with Crippen molar-refractivity contribution in [2.24, 2.45) is 11.5 Å². The fourth-order valence-corrected chi connectivity index (χ4v) is 1.94. The third-order valence-corrected chi connectivity index (χ3v) is 3.25. The van der Waals surface area contributed by atoms with Crippen LogP contribution in [-0.4, -0.2) is 10.5 Å². The Labute approximate surface area is 91.4 Å². The van der Waals surface area contributed by atoms with Gasteiger partial charge < -0.3 is 15.9 Å². The van der Waals surface area contributed by atoms with E-state index in [1.807, 2.05) is 6.07 Å². The maximum atomic E-state index is 11.0. The first-order chi connectivity index (χ1) is 7.58. The third-order valence-electron chi connectivity index (χ3n) is 3.25. The summed E-state index contributed by atoms with van der Waals surface area (Å²) in [5.74, 6) is -0.449. The van der Waals surface area contributed by atoms with Gasteiger partial charge >= 0.3 is 5.76 Å². The molecule has 1 unspecified atom stereocenters. The molecule has 1 fully saturated rings. The second-order valence-electron chi connectivity index (χ2n) is 4.48. The zero-order valence-electron chi connectivity index (χ0n) is 8.69. The van der Waals surface area contributed by atoms with E-state index in [9.17, 15) is 4.79 Å². The van der Waals surface area contributed by atoms with Crippen LogP contribution in [0.5, 0.6) is 0 Å². The molecule has 84 valence electrons. The number of nitrogens with two attached hydrogens (primary N) is 2. The Bertz CT molecular complexity index is 595. The predicted molar refractivity (Wildman–Crippen MR) is 59.9 cm³/mol. The van der Waals surface area contributed by atoms with Crippen LogP contribution in [0.1, 0.15) is 24.4 Å². The molecule has 3 rings (SSSR count). The van der Waals surface area contributed by atoms with Crippen LogP contribution in [0.25, 0.3) is 11.1 Å². The number of H-pyrrole nitrogens is 1. The fourth-order valence-electron chi connectivity index (χ4n) is 1.94. The number of nitrogens with one attached hydrogen (secondary N) is 1. The highest BCUT2D eigenvalue weighted by Crippen LogP contribution is 2.42. The molecular weight excluding hydrogens is 206 g/mol. The standard InChI is InChI=1S/C11H13N3O2/c12-9(11(13)3-4-11)6-1-2-7-8(5-6)16-10(15)14-7/h1-2,5,9H,3-4,12-13H2,(H,14,15). The average Bonchev–Trinajstić information content (AvgIpc) is 2.89. The molecule has 1 aliphatic rings. The SMILES string of the molecule is NC(c1ccc2[nH]c(=O)oc2c1)C1(N)CC1. The minimum absolute atomic E-state index is 0.197. The number of fused-ring (bicyclic) bond motifs is 1. The topological polar surface area (TPSA) is 98.0 Å². The van der Waals surface area contributed by atoms with Gasteiger partial charge in [-0.05, 0) is 30.5 Å². The van der Waals surface area contributed by atoms with Crippen LogP contribution < -0.4 is 17.2 Å². The normalized spacial score (nSPS) is 19.9. The Morgan fingerprint density at radius 3 is 2.88 bits per heavy atom. The molecule has 5 N–H and O–H groups in total. The van der Waals surface area contributed by atoms with Crippen molar-refractivity contribution in [3.63, 3.8) is 0 Å². The van der Waals surface area contributed by atoms with Gasteiger partial charge in [-0.3, -0.25) is 4.98 Å². The smallest absolute Gasteiger partial charge is 0.408 e. The van der Waals surface area contributed by atoms with Gasteiger partial charge in [-0.1, -0.05) is 6.07 Å². The van der Waals surface area contributed by atoms with Crippen LogP contribution in [0.4, 0.5) is 0 Å². The lowest BCUT2D eigenvalue weighted by molar-refractivity contribution is 0.532. The monoisotopic (exact) mass is 219 g/mol. The Morgan fingerprint density at radius 2 is 2.19 bits per heavy atom. The molecule has 1 aromatic carbocycles. The van der Waals surface area contributed by atoms with Crippen molar-refractivity contribution in [3.8, 4) is 0 Å². The number of benzene rings is 1. The van der Waals surface area contributed by atoms with Gasteiger partial charge in [0.15, 0.2) is 5.58 Å². The molecule has 1 atom stereocenters. The summed E-state index contributed by atoms with van der Waals surface area (Å²) in [4.78, 5) is 13.6. The summed E-state index contributed by atoms with van der Waals surface area (Å²) in [5, 5.41) is 0. The molecular formula is C11H13N3O2. The molecule has 0 aliphatic heterocycles. The Kier molecular flexibility index (Phi) is 1.78. The summed E-state index contributed by atoms with van der Waals surface area (Å²) in [7, 11) is 0. The molecule has 0 spiro atoms. The van der Waals surface area contributed by atoms with Gasteiger partial charge in [0.05, 0.1) is 5.52 Å². The summed E-state index contributed by atoms with van der Waals surface area (Å²) in [6.45, 7) is 0. The molecule has 1 aromatic heterocycles. The number of rotatable bonds is 2. The molecule has 1 saturated carbocycles. The molecule has 0 radical (unpaired) electrons. The van der Waals surface area contributed by atoms with E-state index in [2.05, 4.69) is 4.98 Å². The van der Waals surface area contributed by atoms with Crippen LogP contribution in [0.2, 0.25) is 0 Å². The lowest BCUT2D eigenvalue weighted by Gasteiger charge is -2.18. The Hall–Kier alpha value is -1.59. The first-order valence-electron chi connectivity index (χ1n) is 5.26. The van der Waals surface area contributed by atoms with Crippen molar-refractivity contribution in [3.05, 3.63) is 34.3 Å². The van der Waals surface area contributed by atoms with E-state index in [-0.39, 0.29) is 11.6 Å². The number of hydrogen-bond donors (Lipinski definition) is 3. The molecule has 2 aromatic rings. The first kappa shape index (κ1) is 9.62. The van der Waals surface area contributed by atoms with Crippen molar-refractivity contribution in [2.75, 3.05) is 0 Å². The lowest BCUT2D eigenvalue weighted by atomic mass is 9.99. The van der Waals surface area contributed by atoms with E-state index in [4.69, 9.17) is 15.9 Å². The predicted octanol–water partition coefficient (Wildman–Crippen LogP) is 0.612. The average molecular weight is 219 g/mol. The Morgan fingerprint density at radius 1 is 1.44 bits per heavy atom. The van der Waals surface area contributed by atoms with E-state index in [0.29, 0.717) is 11.1 Å². The van der Waals surface area contributed by atoms with Gasteiger partial charge in [0, 0.05) is 11.6 Å². The number of hydrogen-bond acceptors (Lipinski definition) is 4. The van der Waals surface area contributed by atoms with Gasteiger partial charge in [0.2, 0.25) is 0 Å². The molecule has 5 nitrogen and oxygen atoms in total. The summed E-state index contributed by atoms with van der Waals surface area (Å²) in [6, 6.07) is 5.26. The highest BCUT2D eigenvalue weighted by molar-refractivity contribution is 5.73. The van der Waals surface area contributed by atoms with Crippen molar-refractivity contribution < 1.29 is 4.42 Å². The molecule has 0 saturated heterocycles. The zero-order valence-corrected chi connectivity index (χ0v) is 8.69. The second-order valence-corrected chi connectivity index (χ2v) is 4.48. The summed E-state index contributed by atoms with van der Waals surface area (Å²) in [6.07, 6.45) is 1.90. The van der Waals surface area contributed by atoms with E-state index in [1.54, 1.807) is 12.1 Å². The molecule has 1 aliphatic carbocycles. The highest BCUT2D eigenvalue weighted by Gasteiger charge is 2.44. The first-order valence-corrected chi connectivity index (χ1v) is 5.26. The highest BCUT2D eigenvalue weighted by atomic mass is 16.4. The molecule has 16 heavy (non-hydrogen) atoms. The zero-order chi connectivity index (χ0) is 11.3. The van der Waals surface area contributed by atoms with Gasteiger partial charge in [0.1, 0.15) is 0 Å². The summed E-state index contributed by atoms with van der Waals surface area (Å²) >= 11 is 0. The largest absolute Gasteiger partial charge is 0.417 e. The number of aromatic nitrogens is 1. The van der Waals surface area contributed by atoms with Crippen LogP contribution in [0, 0.1) is 0 Å². The van der Waals surface area contributed by atoms with Crippen LogP contribution >= 0.6 is 0 Å². The van der Waals surface area contributed by atoms with Crippen molar-refractivity contribution in [1.82, 2.24) is 4.98 Å². The van der Waals surface area contributed by atoms with E-state index in [1.165, 1.54) is 0 Å². The van der Waals surface area contributed by atoms with Gasteiger partial charge in [-0.2, -0.15) is 0 Å². The van der Waals surface area contributed by atoms with Gasteiger partial charge in [-0.15, -0.1) is 0 Å². The summed E-state index contributed by atoms with van der Waals surface area (Å²) in [5.41, 5.74) is 14.0. The Balaban J connectivity index is 2.07. The van der Waals surface area contributed by atoms with Crippen LogP contribution in [-0.2, 0) is 0 Å². The van der Waals surface area contributed by atoms with E-state index >= 15 is 0 Å². The molecule has 5 heteroatoms. The second kappa shape index (κ2) is 2.96. The van der Waals surface area contributed by atoms with Gasteiger partial charge in [0.25, 0.3) is 0 Å². The number of aromatic amines is 1. The summed E-state index contributed by atoms with van der Waals surface area (Å²) < 4.78 is 4.98. The lowest BCUT2D eigenvalue weighted by Crippen LogP contribution is -2.36. The fraction of sp³-hybridized carbons (Fsp3) is 0.364. The van der Waals surface area contributed by atoms with Crippen LogP contribution in [0.15, 0.2) is 27.4 Å². The molecule has 1 heterocycles. The van der Waals surface area contributed by atoms with E-state index in [0.717, 1.165) is 18.4 Å². The third kappa shape index (κ3) is 1.36. The number of oxazole rings is 1. The van der Waals surface area contributed by atoms with Gasteiger partial charge in [-0.25, -0.2) is 4.79 Å². The van der Waals surface area contributed by atoms with Crippen LogP contribution in [0.3, 0.4) is 0 Å². The maximum absolute atomic E-state index is 11.0. The maximum Gasteiger partial charge on any atom is 0.417 e. The minimum Gasteiger partial charge on any atom is -0.408 e. The van der Waals surface area contributed by atoms with Crippen molar-refractivity contribution in [2.45, 2.75) is 24.4 Å². The minimum atomic E-state index is -0.449.